The van der Waals surface area contributed by atoms with Gasteiger partial charge in [-0.1, -0.05) is 19.3 Å². The molecule has 0 heterocycles. The molecule has 0 radical (unpaired) electrons. The van der Waals surface area contributed by atoms with Gasteiger partial charge in [0.1, 0.15) is 6.54 Å². The fraction of sp³-hybridized carbons (Fsp3) is 0.917. The second kappa shape index (κ2) is 6.98. The molecule has 1 rings (SSSR count). The Hall–Kier alpha value is -0.980. The predicted octanol–water partition coefficient (Wildman–Crippen LogP) is 2.41. The van der Waals surface area contributed by atoms with Crippen LogP contribution < -0.4 is 11.3 Å². The molecule has 1 aliphatic rings. The number of hydrazine groups is 1. The lowest BCUT2D eigenvalue weighted by Gasteiger charge is -2.31. The van der Waals surface area contributed by atoms with Gasteiger partial charge in [0.25, 0.3) is 0 Å². The molecule has 19 heavy (non-hydrogen) atoms. The van der Waals surface area contributed by atoms with Gasteiger partial charge in [0.15, 0.2) is 0 Å². The van der Waals surface area contributed by atoms with E-state index in [-0.39, 0.29) is 18.0 Å². The summed E-state index contributed by atoms with van der Waals surface area (Å²) in [7, 11) is 0. The fourth-order valence-corrected chi connectivity index (χ4v) is 2.27. The number of guanidine groups is 1. The molecule has 0 aliphatic heterocycles. The summed E-state index contributed by atoms with van der Waals surface area (Å²) < 4.78 is 37.7. The molecule has 0 amide bonds. The van der Waals surface area contributed by atoms with E-state index < -0.39 is 12.7 Å². The van der Waals surface area contributed by atoms with Gasteiger partial charge in [0, 0.05) is 6.04 Å². The predicted molar refractivity (Wildman–Crippen MR) is 69.5 cm³/mol. The normalized spacial score (nSPS) is 18.8. The quantitative estimate of drug-likeness (QED) is 0.361. The molecule has 3 N–H and O–H groups in total. The number of nitrogens with one attached hydrogen (secondary N) is 1. The standard InChI is InChI=1S/C12H23F3N4/c1-9(2)19(8-12(13,14)15)11(18-16)17-10-6-4-3-5-7-10/h9-10H,3-8,16H2,1-2H3,(H,17,18). The molecule has 112 valence electrons. The van der Waals surface area contributed by atoms with Crippen molar-refractivity contribution in [2.45, 2.75) is 64.2 Å². The van der Waals surface area contributed by atoms with Crippen molar-refractivity contribution in [2.75, 3.05) is 6.54 Å². The maximum Gasteiger partial charge on any atom is 0.406 e. The van der Waals surface area contributed by atoms with Crippen molar-refractivity contribution >= 4 is 5.96 Å². The second-order valence-electron chi connectivity index (χ2n) is 5.23. The smallest absolute Gasteiger partial charge is 0.330 e. The summed E-state index contributed by atoms with van der Waals surface area (Å²) in [5.41, 5.74) is 2.33. The van der Waals surface area contributed by atoms with Crippen LogP contribution >= 0.6 is 0 Å². The zero-order chi connectivity index (χ0) is 14.5. The van der Waals surface area contributed by atoms with E-state index in [2.05, 4.69) is 10.4 Å². The highest BCUT2D eigenvalue weighted by Gasteiger charge is 2.33. The van der Waals surface area contributed by atoms with E-state index in [1.165, 1.54) is 6.42 Å². The van der Waals surface area contributed by atoms with E-state index in [4.69, 9.17) is 5.84 Å². The summed E-state index contributed by atoms with van der Waals surface area (Å²) in [6.45, 7) is 2.35. The van der Waals surface area contributed by atoms with Crippen molar-refractivity contribution in [3.05, 3.63) is 0 Å². The number of alkyl halides is 3. The Bertz CT molecular complexity index is 296. The van der Waals surface area contributed by atoms with Crippen LogP contribution in [0.5, 0.6) is 0 Å². The van der Waals surface area contributed by atoms with Crippen molar-refractivity contribution in [2.24, 2.45) is 10.8 Å². The third kappa shape index (κ3) is 5.67. The topological polar surface area (TPSA) is 53.6 Å². The number of rotatable bonds is 3. The van der Waals surface area contributed by atoms with Crippen LogP contribution in [0, 0.1) is 0 Å². The monoisotopic (exact) mass is 280 g/mol. The van der Waals surface area contributed by atoms with Crippen LogP contribution in [0.25, 0.3) is 0 Å². The van der Waals surface area contributed by atoms with Gasteiger partial charge in [-0.15, -0.1) is 0 Å². The van der Waals surface area contributed by atoms with E-state index in [9.17, 15) is 13.2 Å². The summed E-state index contributed by atoms with van der Waals surface area (Å²) in [6.07, 6.45) is 0.897. The Morgan fingerprint density at radius 2 is 1.89 bits per heavy atom. The average molecular weight is 280 g/mol. The van der Waals surface area contributed by atoms with Crippen molar-refractivity contribution in [1.29, 1.82) is 0 Å². The van der Waals surface area contributed by atoms with Crippen molar-refractivity contribution in [1.82, 2.24) is 10.3 Å². The molecule has 0 saturated heterocycles. The molecule has 7 heteroatoms. The molecule has 0 spiro atoms. The molecule has 0 bridgehead atoms. The van der Waals surface area contributed by atoms with Crippen LogP contribution in [0.3, 0.4) is 0 Å². The summed E-state index contributed by atoms with van der Waals surface area (Å²) in [5, 5.41) is 0. The molecule has 1 fully saturated rings. The Labute approximate surface area is 112 Å². The Morgan fingerprint density at radius 3 is 2.32 bits per heavy atom. The number of hydrogen-bond acceptors (Lipinski definition) is 2. The van der Waals surface area contributed by atoms with Gasteiger partial charge < -0.3 is 4.90 Å². The van der Waals surface area contributed by atoms with Crippen LogP contribution in [0.1, 0.15) is 46.0 Å². The fourth-order valence-electron chi connectivity index (χ4n) is 2.27. The minimum absolute atomic E-state index is 0.0780. The molecule has 0 atom stereocenters. The summed E-state index contributed by atoms with van der Waals surface area (Å²) in [6, 6.07) is -0.241. The van der Waals surface area contributed by atoms with Gasteiger partial charge in [0.2, 0.25) is 5.96 Å². The van der Waals surface area contributed by atoms with Crippen LogP contribution in [-0.2, 0) is 0 Å². The summed E-state index contributed by atoms with van der Waals surface area (Å²) in [5.74, 6) is 5.50. The van der Waals surface area contributed by atoms with Crippen LogP contribution in [-0.4, -0.2) is 35.7 Å². The van der Waals surface area contributed by atoms with Gasteiger partial charge in [0.05, 0.1) is 6.04 Å². The van der Waals surface area contributed by atoms with Gasteiger partial charge in [-0.25, -0.2) is 10.8 Å². The molecule has 0 unspecified atom stereocenters. The van der Waals surface area contributed by atoms with Gasteiger partial charge >= 0.3 is 6.18 Å². The minimum Gasteiger partial charge on any atom is -0.330 e. The summed E-state index contributed by atoms with van der Waals surface area (Å²) >= 11 is 0. The Kier molecular flexibility index (Phi) is 5.90. The first-order valence-corrected chi connectivity index (χ1v) is 6.71. The van der Waals surface area contributed by atoms with Crippen LogP contribution in [0.15, 0.2) is 4.99 Å². The zero-order valence-corrected chi connectivity index (χ0v) is 11.5. The molecule has 0 aromatic heterocycles. The van der Waals surface area contributed by atoms with Gasteiger partial charge in [-0.3, -0.25) is 5.43 Å². The van der Waals surface area contributed by atoms with Crippen molar-refractivity contribution < 1.29 is 13.2 Å². The number of halogens is 3. The molecular formula is C12H23F3N4. The Morgan fingerprint density at radius 1 is 1.32 bits per heavy atom. The highest BCUT2D eigenvalue weighted by atomic mass is 19.4. The lowest BCUT2D eigenvalue weighted by atomic mass is 9.96. The van der Waals surface area contributed by atoms with Crippen molar-refractivity contribution in [3.63, 3.8) is 0 Å². The van der Waals surface area contributed by atoms with Crippen LogP contribution in [0.2, 0.25) is 0 Å². The zero-order valence-electron chi connectivity index (χ0n) is 11.5. The third-order valence-corrected chi connectivity index (χ3v) is 3.25. The summed E-state index contributed by atoms with van der Waals surface area (Å²) in [4.78, 5) is 5.53. The maximum absolute atomic E-state index is 12.6. The molecule has 1 aliphatic carbocycles. The first kappa shape index (κ1) is 16.1. The second-order valence-corrected chi connectivity index (χ2v) is 5.23. The highest BCUT2D eigenvalue weighted by molar-refractivity contribution is 5.80. The first-order valence-electron chi connectivity index (χ1n) is 6.71. The average Bonchev–Trinajstić information content (AvgIpc) is 2.33. The molecule has 0 aromatic rings. The van der Waals surface area contributed by atoms with Crippen molar-refractivity contribution in [3.8, 4) is 0 Å². The number of aliphatic imine (C=N–C) groups is 1. The van der Waals surface area contributed by atoms with E-state index in [0.29, 0.717) is 0 Å². The largest absolute Gasteiger partial charge is 0.406 e. The molecule has 4 nitrogen and oxygen atoms in total. The number of nitrogens with zero attached hydrogens (tertiary/aromatic N) is 2. The number of nitrogens with two attached hydrogens (primary N) is 1. The molecule has 1 saturated carbocycles. The lowest BCUT2D eigenvalue weighted by molar-refractivity contribution is -0.140. The van der Waals surface area contributed by atoms with Crippen LogP contribution in [0.4, 0.5) is 13.2 Å². The van der Waals surface area contributed by atoms with Gasteiger partial charge in [-0.2, -0.15) is 13.2 Å². The SMILES string of the molecule is CC(C)N(CC(F)(F)F)C(=NC1CCCCC1)NN. The highest BCUT2D eigenvalue weighted by Crippen LogP contribution is 2.22. The molecule has 0 aromatic carbocycles. The van der Waals surface area contributed by atoms with E-state index in [1.807, 2.05) is 0 Å². The van der Waals surface area contributed by atoms with E-state index in [0.717, 1.165) is 30.6 Å². The third-order valence-electron chi connectivity index (χ3n) is 3.25. The maximum atomic E-state index is 12.6. The van der Waals surface area contributed by atoms with E-state index in [1.54, 1.807) is 13.8 Å². The molecular weight excluding hydrogens is 257 g/mol. The minimum atomic E-state index is -4.27. The Balaban J connectivity index is 2.79. The lowest BCUT2D eigenvalue weighted by Crippen LogP contribution is -2.51. The number of hydrogen-bond donors (Lipinski definition) is 2. The van der Waals surface area contributed by atoms with Gasteiger partial charge in [-0.05, 0) is 26.7 Å². The first-order chi connectivity index (χ1) is 8.83. The van der Waals surface area contributed by atoms with E-state index >= 15 is 0 Å².